The molecule has 2 fully saturated rings. The van der Waals surface area contributed by atoms with E-state index in [1.807, 2.05) is 6.07 Å². The minimum Gasteiger partial charge on any atom is -0.358 e. The Kier molecular flexibility index (Phi) is 3.63. The molecule has 1 saturated heterocycles. The van der Waals surface area contributed by atoms with Gasteiger partial charge in [0.05, 0.1) is 11.0 Å². The molecule has 0 spiro atoms. The summed E-state index contributed by atoms with van der Waals surface area (Å²) in [5.41, 5.74) is -0.644. The summed E-state index contributed by atoms with van der Waals surface area (Å²) in [7, 11) is -3.33. The van der Waals surface area contributed by atoms with Crippen LogP contribution >= 0.6 is 0 Å². The van der Waals surface area contributed by atoms with E-state index in [1.165, 1.54) is 19.3 Å². The first-order valence-corrected chi connectivity index (χ1v) is 8.67. The van der Waals surface area contributed by atoms with Crippen molar-refractivity contribution in [3.8, 4) is 0 Å². The maximum Gasteiger partial charge on any atom is 0.205 e. The van der Waals surface area contributed by atoms with E-state index >= 15 is 0 Å². The summed E-state index contributed by atoms with van der Waals surface area (Å²) in [5.74, 6) is 0.580. The van der Waals surface area contributed by atoms with Crippen molar-refractivity contribution < 1.29 is 13.2 Å². The molecule has 1 saturated carbocycles. The largest absolute Gasteiger partial charge is 0.358 e. The lowest BCUT2D eigenvalue weighted by molar-refractivity contribution is -0.0659. The van der Waals surface area contributed by atoms with Crippen molar-refractivity contribution >= 4 is 9.84 Å². The number of hydrogen-bond donors (Lipinski definition) is 0. The molecule has 1 aliphatic carbocycles. The third kappa shape index (κ3) is 2.56. The first kappa shape index (κ1) is 13.1. The van der Waals surface area contributed by atoms with Crippen LogP contribution in [-0.4, -0.2) is 20.0 Å². The predicted molar refractivity (Wildman–Crippen MR) is 73.5 cm³/mol. The van der Waals surface area contributed by atoms with Gasteiger partial charge in [-0.2, -0.15) is 0 Å². The van der Waals surface area contributed by atoms with Crippen molar-refractivity contribution in [2.75, 3.05) is 0 Å². The van der Waals surface area contributed by atoms with Crippen LogP contribution in [0.15, 0.2) is 35.2 Å². The average Bonchev–Trinajstić information content (AvgIpc) is 2.47. The van der Waals surface area contributed by atoms with Crippen LogP contribution in [0.1, 0.15) is 38.5 Å². The third-order valence-corrected chi connectivity index (χ3v) is 6.33. The first-order chi connectivity index (χ1) is 9.18. The summed E-state index contributed by atoms with van der Waals surface area (Å²) >= 11 is 0. The fourth-order valence-corrected chi connectivity index (χ4v) is 4.86. The highest BCUT2D eigenvalue weighted by molar-refractivity contribution is 7.91. The lowest BCUT2D eigenvalue weighted by Gasteiger charge is -2.39. The molecule has 3 rings (SSSR count). The highest BCUT2D eigenvalue weighted by Gasteiger charge is 2.39. The van der Waals surface area contributed by atoms with Crippen LogP contribution < -0.4 is 0 Å². The van der Waals surface area contributed by atoms with Gasteiger partial charge >= 0.3 is 0 Å². The third-order valence-electron chi connectivity index (χ3n) is 4.36. The van der Waals surface area contributed by atoms with E-state index in [4.69, 9.17) is 4.74 Å². The molecule has 1 heterocycles. The molecule has 0 bridgehead atoms. The number of benzene rings is 1. The molecule has 2 aliphatic rings. The van der Waals surface area contributed by atoms with Gasteiger partial charge in [0.25, 0.3) is 0 Å². The van der Waals surface area contributed by atoms with Crippen molar-refractivity contribution in [2.45, 2.75) is 55.0 Å². The lowest BCUT2D eigenvalue weighted by atomic mass is 9.82. The van der Waals surface area contributed by atoms with Crippen LogP contribution in [0, 0.1) is 5.92 Å². The average molecular weight is 280 g/mol. The van der Waals surface area contributed by atoms with Crippen LogP contribution in [-0.2, 0) is 14.6 Å². The van der Waals surface area contributed by atoms with Gasteiger partial charge in [-0.15, -0.1) is 0 Å². The summed E-state index contributed by atoms with van der Waals surface area (Å²) in [5, 5.41) is 0. The van der Waals surface area contributed by atoms with E-state index in [0.717, 1.165) is 12.8 Å². The number of rotatable bonds is 2. The summed E-state index contributed by atoms with van der Waals surface area (Å²) in [6.07, 6.45) is 6.43. The van der Waals surface area contributed by atoms with Gasteiger partial charge in [0.15, 0.2) is 5.44 Å². The molecule has 3 atom stereocenters. The zero-order chi connectivity index (χ0) is 13.3. The highest BCUT2D eigenvalue weighted by atomic mass is 32.2. The molecule has 1 aromatic rings. The highest BCUT2D eigenvalue weighted by Crippen LogP contribution is 2.38. The molecule has 1 aliphatic heterocycles. The Labute approximate surface area is 114 Å². The topological polar surface area (TPSA) is 43.4 Å². The van der Waals surface area contributed by atoms with E-state index in [-0.39, 0.29) is 6.10 Å². The number of ether oxygens (including phenoxy) is 1. The Morgan fingerprint density at radius 3 is 2.47 bits per heavy atom. The lowest BCUT2D eigenvalue weighted by Crippen LogP contribution is -2.40. The molecule has 0 radical (unpaired) electrons. The minimum absolute atomic E-state index is 0.158. The number of hydrogen-bond acceptors (Lipinski definition) is 3. The quantitative estimate of drug-likeness (QED) is 0.836. The van der Waals surface area contributed by atoms with Gasteiger partial charge in [-0.3, -0.25) is 0 Å². The summed E-state index contributed by atoms with van der Waals surface area (Å²) in [6, 6.07) is 8.67. The van der Waals surface area contributed by atoms with E-state index in [9.17, 15) is 8.42 Å². The first-order valence-electron chi connectivity index (χ1n) is 7.12. The van der Waals surface area contributed by atoms with Gasteiger partial charge in [0.2, 0.25) is 9.84 Å². The molecule has 1 aromatic carbocycles. The van der Waals surface area contributed by atoms with Crippen LogP contribution in [0.4, 0.5) is 0 Å². The van der Waals surface area contributed by atoms with Crippen LogP contribution in [0.2, 0.25) is 0 Å². The molecule has 104 valence electrons. The Morgan fingerprint density at radius 1 is 0.947 bits per heavy atom. The second-order valence-corrected chi connectivity index (χ2v) is 7.67. The molecule has 4 heteroatoms. The normalized spacial score (nSPS) is 31.7. The Balaban J connectivity index is 1.79. The molecule has 19 heavy (non-hydrogen) atoms. The van der Waals surface area contributed by atoms with Crippen LogP contribution in [0.3, 0.4) is 0 Å². The SMILES string of the molecule is O=S(=O)(c1ccccc1)C1CC[C@H]2CCCC[C@@H]2O1. The Morgan fingerprint density at radius 2 is 1.68 bits per heavy atom. The fraction of sp³-hybridized carbons (Fsp3) is 0.600. The molecule has 3 nitrogen and oxygen atoms in total. The van der Waals surface area contributed by atoms with Gasteiger partial charge in [0, 0.05) is 0 Å². The smallest absolute Gasteiger partial charge is 0.205 e. The number of sulfone groups is 1. The predicted octanol–water partition coefficient (Wildman–Crippen LogP) is 3.16. The second-order valence-electron chi connectivity index (χ2n) is 5.58. The van der Waals surface area contributed by atoms with Gasteiger partial charge in [-0.1, -0.05) is 31.0 Å². The molecular formula is C15H20O3S. The number of fused-ring (bicyclic) bond motifs is 1. The maximum atomic E-state index is 12.5. The Bertz CT molecular complexity index is 524. The van der Waals surface area contributed by atoms with Crippen molar-refractivity contribution in [3.63, 3.8) is 0 Å². The van der Waals surface area contributed by atoms with Gasteiger partial charge in [0.1, 0.15) is 0 Å². The van der Waals surface area contributed by atoms with Crippen molar-refractivity contribution in [1.82, 2.24) is 0 Å². The standard InChI is InChI=1S/C15H20O3S/c16-19(17,13-7-2-1-3-8-13)15-11-10-12-6-4-5-9-14(12)18-15/h1-3,7-8,12,14-15H,4-6,9-11H2/t12-,14+,15?/m1/s1. The molecule has 0 aromatic heterocycles. The van der Waals surface area contributed by atoms with Gasteiger partial charge in [-0.25, -0.2) is 8.42 Å². The van der Waals surface area contributed by atoms with E-state index in [2.05, 4.69) is 0 Å². The summed E-state index contributed by atoms with van der Waals surface area (Å²) < 4.78 is 31.0. The fourth-order valence-electron chi connectivity index (χ4n) is 3.29. The van der Waals surface area contributed by atoms with Crippen molar-refractivity contribution in [2.24, 2.45) is 5.92 Å². The molecule has 0 N–H and O–H groups in total. The molecular weight excluding hydrogens is 260 g/mol. The van der Waals surface area contributed by atoms with Crippen LogP contribution in [0.5, 0.6) is 0 Å². The Hall–Kier alpha value is -0.870. The molecule has 1 unspecified atom stereocenters. The summed E-state index contributed by atoms with van der Waals surface area (Å²) in [6.45, 7) is 0. The van der Waals surface area contributed by atoms with Crippen LogP contribution in [0.25, 0.3) is 0 Å². The van der Waals surface area contributed by atoms with Crippen molar-refractivity contribution in [1.29, 1.82) is 0 Å². The van der Waals surface area contributed by atoms with Gasteiger partial charge < -0.3 is 4.74 Å². The van der Waals surface area contributed by atoms with Gasteiger partial charge in [-0.05, 0) is 43.7 Å². The van der Waals surface area contributed by atoms with Crippen molar-refractivity contribution in [3.05, 3.63) is 30.3 Å². The van der Waals surface area contributed by atoms with E-state index in [0.29, 0.717) is 17.2 Å². The maximum absolute atomic E-state index is 12.5. The minimum atomic E-state index is -3.33. The monoisotopic (exact) mass is 280 g/mol. The zero-order valence-electron chi connectivity index (χ0n) is 11.0. The van der Waals surface area contributed by atoms with E-state index in [1.54, 1.807) is 24.3 Å². The summed E-state index contributed by atoms with van der Waals surface area (Å²) in [4.78, 5) is 0.384. The second kappa shape index (κ2) is 5.25. The molecule has 0 amide bonds. The van der Waals surface area contributed by atoms with E-state index < -0.39 is 15.3 Å². The zero-order valence-corrected chi connectivity index (χ0v) is 11.8.